The zero-order valence-corrected chi connectivity index (χ0v) is 14.9. The summed E-state index contributed by atoms with van der Waals surface area (Å²) in [4.78, 5) is 24.5. The van der Waals surface area contributed by atoms with E-state index >= 15 is 0 Å². The Kier molecular flexibility index (Phi) is 4.41. The van der Waals surface area contributed by atoms with Crippen molar-refractivity contribution in [3.05, 3.63) is 56.9 Å². The van der Waals surface area contributed by atoms with Gasteiger partial charge in [-0.25, -0.2) is 17.9 Å². The molecule has 0 unspecified atom stereocenters. The second kappa shape index (κ2) is 6.23. The van der Waals surface area contributed by atoms with Gasteiger partial charge >= 0.3 is 5.69 Å². The number of benzene rings is 1. The van der Waals surface area contributed by atoms with Crippen LogP contribution in [0.4, 0.5) is 0 Å². The maximum atomic E-state index is 12.7. The molecule has 0 saturated heterocycles. The summed E-state index contributed by atoms with van der Waals surface area (Å²) in [6.45, 7) is 0. The van der Waals surface area contributed by atoms with E-state index in [4.69, 9.17) is 0 Å². The Morgan fingerprint density at radius 3 is 2.67 bits per heavy atom. The summed E-state index contributed by atoms with van der Waals surface area (Å²) < 4.78 is 29.9. The molecular weight excluding hydrogens is 350 g/mol. The molecule has 1 aromatic heterocycles. The average Bonchev–Trinajstić information content (AvgIpc) is 2.56. The highest BCUT2D eigenvalue weighted by Gasteiger charge is 2.28. The lowest BCUT2D eigenvalue weighted by Gasteiger charge is -2.25. The van der Waals surface area contributed by atoms with Crippen LogP contribution >= 0.6 is 11.8 Å². The molecule has 9 heteroatoms. The highest BCUT2D eigenvalue weighted by Crippen LogP contribution is 2.36. The summed E-state index contributed by atoms with van der Waals surface area (Å²) in [5.74, 6) is 0.787. The largest absolute Gasteiger partial charge is 0.330 e. The molecule has 2 heterocycles. The fourth-order valence-electron chi connectivity index (χ4n) is 2.67. The van der Waals surface area contributed by atoms with E-state index in [1.807, 2.05) is 24.3 Å². The minimum Gasteiger partial charge on any atom is -0.302 e. The number of fused-ring (bicyclic) bond motifs is 1. The van der Waals surface area contributed by atoms with E-state index in [1.54, 1.807) is 11.8 Å². The molecule has 1 aliphatic heterocycles. The number of thioether (sulfide) groups is 1. The summed E-state index contributed by atoms with van der Waals surface area (Å²) in [6.07, 6.45) is 1.70. The molecule has 0 aliphatic carbocycles. The first-order chi connectivity index (χ1) is 11.3. The predicted molar refractivity (Wildman–Crippen MR) is 91.8 cm³/mol. The molecular formula is C15H17N3O4S2. The highest BCUT2D eigenvalue weighted by atomic mass is 32.2. The molecule has 3 rings (SSSR count). The lowest BCUT2D eigenvalue weighted by atomic mass is 10.1. The van der Waals surface area contributed by atoms with E-state index in [-0.39, 0.29) is 0 Å². The number of sulfonamides is 1. The molecule has 1 N–H and O–H groups in total. The van der Waals surface area contributed by atoms with Crippen molar-refractivity contribution in [2.75, 3.05) is 5.75 Å². The number of aryl methyl sites for hydroxylation is 1. The summed E-state index contributed by atoms with van der Waals surface area (Å²) >= 11 is 1.68. The van der Waals surface area contributed by atoms with Gasteiger partial charge in [-0.3, -0.25) is 9.36 Å². The lowest BCUT2D eigenvalue weighted by molar-refractivity contribution is 0.539. The van der Waals surface area contributed by atoms with Gasteiger partial charge in [0, 0.05) is 31.2 Å². The van der Waals surface area contributed by atoms with Crippen molar-refractivity contribution in [1.29, 1.82) is 0 Å². The standard InChI is InChI=1S/C15H17N3O4S2/c1-17-9-13(14(19)18(2)15(17)20)24(21,22)16-11-7-8-23-12-6-4-3-5-10(11)12/h3-6,9,11,16H,7-8H2,1-2H3/t11-/m1/s1. The number of rotatable bonds is 3. The average molecular weight is 367 g/mol. The second-order valence-corrected chi connectivity index (χ2v) is 8.42. The first-order valence-electron chi connectivity index (χ1n) is 7.32. The van der Waals surface area contributed by atoms with Gasteiger partial charge in [-0.15, -0.1) is 11.8 Å². The monoisotopic (exact) mass is 367 g/mol. The van der Waals surface area contributed by atoms with Crippen LogP contribution in [-0.2, 0) is 24.1 Å². The topological polar surface area (TPSA) is 90.2 Å². The number of hydrogen-bond donors (Lipinski definition) is 1. The molecule has 0 fully saturated rings. The molecule has 24 heavy (non-hydrogen) atoms. The van der Waals surface area contributed by atoms with Crippen LogP contribution in [0.15, 0.2) is 49.8 Å². The Morgan fingerprint density at radius 2 is 1.92 bits per heavy atom. The summed E-state index contributed by atoms with van der Waals surface area (Å²) in [5.41, 5.74) is -0.499. The van der Waals surface area contributed by atoms with Gasteiger partial charge in [-0.1, -0.05) is 18.2 Å². The molecule has 0 bridgehead atoms. The van der Waals surface area contributed by atoms with Crippen LogP contribution in [0.1, 0.15) is 18.0 Å². The molecule has 0 radical (unpaired) electrons. The van der Waals surface area contributed by atoms with E-state index < -0.39 is 32.2 Å². The van der Waals surface area contributed by atoms with Gasteiger partial charge in [0.15, 0.2) is 4.90 Å². The van der Waals surface area contributed by atoms with Gasteiger partial charge in [0.1, 0.15) is 0 Å². The number of nitrogens with zero attached hydrogens (tertiary/aromatic N) is 2. The van der Waals surface area contributed by atoms with Gasteiger partial charge in [0.05, 0.1) is 0 Å². The van der Waals surface area contributed by atoms with Crippen LogP contribution in [0.25, 0.3) is 0 Å². The van der Waals surface area contributed by atoms with Crippen molar-refractivity contribution in [3.63, 3.8) is 0 Å². The fourth-order valence-corrected chi connectivity index (χ4v) is 5.21. The summed E-state index contributed by atoms with van der Waals surface area (Å²) in [7, 11) is -1.38. The number of hydrogen-bond acceptors (Lipinski definition) is 5. The predicted octanol–water partition coefficient (Wildman–Crippen LogP) is 0.599. The first kappa shape index (κ1) is 17.0. The van der Waals surface area contributed by atoms with Crippen molar-refractivity contribution < 1.29 is 8.42 Å². The van der Waals surface area contributed by atoms with Gasteiger partial charge in [-0.05, 0) is 23.8 Å². The zero-order chi connectivity index (χ0) is 17.5. The number of nitrogens with one attached hydrogen (secondary N) is 1. The summed E-state index contributed by atoms with van der Waals surface area (Å²) in [5, 5.41) is 0. The maximum Gasteiger partial charge on any atom is 0.330 e. The maximum absolute atomic E-state index is 12.7. The van der Waals surface area contributed by atoms with Crippen molar-refractivity contribution in [3.8, 4) is 0 Å². The normalized spacial score (nSPS) is 17.5. The third kappa shape index (κ3) is 2.94. The fraction of sp³-hybridized carbons (Fsp3) is 0.333. The van der Waals surface area contributed by atoms with Crippen molar-refractivity contribution in [1.82, 2.24) is 13.9 Å². The molecule has 2 aromatic rings. The van der Waals surface area contributed by atoms with E-state index in [1.165, 1.54) is 14.1 Å². The molecule has 128 valence electrons. The Hall–Kier alpha value is -1.84. The third-order valence-corrected chi connectivity index (χ3v) is 6.54. The van der Waals surface area contributed by atoms with Gasteiger partial charge in [-0.2, -0.15) is 0 Å². The SMILES string of the molecule is Cn1cc(S(=O)(=O)N[C@@H]2CCSc3ccccc32)c(=O)n(C)c1=O. The Labute approximate surface area is 143 Å². The molecule has 1 aromatic carbocycles. The minimum absolute atomic E-state index is 0.394. The molecule has 1 atom stereocenters. The van der Waals surface area contributed by atoms with E-state index in [0.29, 0.717) is 6.42 Å². The van der Waals surface area contributed by atoms with Crippen LogP contribution in [0.5, 0.6) is 0 Å². The highest BCUT2D eigenvalue weighted by molar-refractivity contribution is 7.99. The third-order valence-electron chi connectivity index (χ3n) is 3.96. The smallest absolute Gasteiger partial charge is 0.302 e. The Morgan fingerprint density at radius 1 is 1.21 bits per heavy atom. The van der Waals surface area contributed by atoms with Crippen molar-refractivity contribution in [2.45, 2.75) is 22.3 Å². The molecule has 0 amide bonds. The Bertz CT molecular complexity index is 1010. The van der Waals surface area contributed by atoms with Gasteiger partial charge in [0.25, 0.3) is 5.56 Å². The first-order valence-corrected chi connectivity index (χ1v) is 9.79. The molecule has 0 saturated carbocycles. The summed E-state index contributed by atoms with van der Waals surface area (Å²) in [6, 6.07) is 7.21. The molecule has 1 aliphatic rings. The quantitative estimate of drug-likeness (QED) is 0.858. The lowest BCUT2D eigenvalue weighted by Crippen LogP contribution is -2.42. The van der Waals surface area contributed by atoms with Crippen LogP contribution in [0.2, 0.25) is 0 Å². The molecule has 7 nitrogen and oxygen atoms in total. The van der Waals surface area contributed by atoms with Crippen LogP contribution < -0.4 is 16.0 Å². The number of aromatic nitrogens is 2. The second-order valence-electron chi connectivity index (χ2n) is 5.60. The van der Waals surface area contributed by atoms with Crippen molar-refractivity contribution in [2.24, 2.45) is 14.1 Å². The Balaban J connectivity index is 2.03. The minimum atomic E-state index is -4.05. The van der Waals surface area contributed by atoms with Crippen molar-refractivity contribution >= 4 is 21.8 Å². The van der Waals surface area contributed by atoms with E-state index in [9.17, 15) is 18.0 Å². The van der Waals surface area contributed by atoms with Gasteiger partial charge in [0.2, 0.25) is 10.0 Å². The van der Waals surface area contributed by atoms with E-state index in [0.717, 1.165) is 31.5 Å². The van der Waals surface area contributed by atoms with Gasteiger partial charge < -0.3 is 4.57 Å². The van der Waals surface area contributed by atoms with Crippen LogP contribution in [0, 0.1) is 0 Å². The van der Waals surface area contributed by atoms with Crippen LogP contribution in [-0.4, -0.2) is 23.3 Å². The molecule has 0 spiro atoms. The van der Waals surface area contributed by atoms with Crippen LogP contribution in [0.3, 0.4) is 0 Å². The zero-order valence-electron chi connectivity index (χ0n) is 13.2. The van der Waals surface area contributed by atoms with E-state index in [2.05, 4.69) is 4.72 Å².